The summed E-state index contributed by atoms with van der Waals surface area (Å²) in [5.41, 5.74) is 0.582. The summed E-state index contributed by atoms with van der Waals surface area (Å²) in [4.78, 5) is 27.5. The standard InChI is InChI=1S/C25H33N3O5S/c1-5-18(3)26-24(29)20-8-6-7-9-22(20)27-34(31,32)19-10-11-23(33-4)21(16-19)25(30)28-14-12-17(2)13-15-28/h6-11,16-18,27H,5,12-15H2,1-4H3,(H,26,29)/t18-/m1/s1. The minimum atomic E-state index is -4.08. The van der Waals surface area contributed by atoms with Crippen LogP contribution in [0.5, 0.6) is 5.75 Å². The van der Waals surface area contributed by atoms with Gasteiger partial charge in [0, 0.05) is 19.1 Å². The van der Waals surface area contributed by atoms with Crippen molar-refractivity contribution in [1.29, 1.82) is 0 Å². The Balaban J connectivity index is 1.90. The highest BCUT2D eigenvalue weighted by Crippen LogP contribution is 2.28. The van der Waals surface area contributed by atoms with Gasteiger partial charge in [0.15, 0.2) is 0 Å². The molecule has 2 N–H and O–H groups in total. The number of hydrogen-bond donors (Lipinski definition) is 2. The average Bonchev–Trinajstić information content (AvgIpc) is 2.83. The van der Waals surface area contributed by atoms with E-state index in [2.05, 4.69) is 17.0 Å². The highest BCUT2D eigenvalue weighted by Gasteiger charge is 2.26. The zero-order chi connectivity index (χ0) is 24.9. The zero-order valence-electron chi connectivity index (χ0n) is 20.1. The van der Waals surface area contributed by atoms with Crippen LogP contribution in [0.3, 0.4) is 0 Å². The molecule has 0 radical (unpaired) electrons. The van der Waals surface area contributed by atoms with Crippen LogP contribution in [-0.4, -0.2) is 51.4 Å². The third-order valence-electron chi connectivity index (χ3n) is 6.19. The molecule has 2 amide bonds. The molecule has 1 atom stereocenters. The first-order valence-corrected chi connectivity index (χ1v) is 13.0. The fourth-order valence-corrected chi connectivity index (χ4v) is 4.89. The van der Waals surface area contributed by atoms with Crippen molar-refractivity contribution in [2.75, 3.05) is 24.9 Å². The van der Waals surface area contributed by atoms with Crippen LogP contribution >= 0.6 is 0 Å². The first kappa shape index (κ1) is 25.6. The predicted molar refractivity (Wildman–Crippen MR) is 132 cm³/mol. The summed E-state index contributed by atoms with van der Waals surface area (Å²) >= 11 is 0. The lowest BCUT2D eigenvalue weighted by Crippen LogP contribution is -2.38. The highest BCUT2D eigenvalue weighted by atomic mass is 32.2. The Morgan fingerprint density at radius 1 is 1.12 bits per heavy atom. The van der Waals surface area contributed by atoms with E-state index in [-0.39, 0.29) is 39.6 Å². The lowest BCUT2D eigenvalue weighted by molar-refractivity contribution is 0.0693. The second-order valence-electron chi connectivity index (χ2n) is 8.77. The molecule has 2 aromatic carbocycles. The van der Waals surface area contributed by atoms with E-state index in [4.69, 9.17) is 4.74 Å². The molecule has 0 aromatic heterocycles. The highest BCUT2D eigenvalue weighted by molar-refractivity contribution is 7.92. The number of nitrogens with one attached hydrogen (secondary N) is 2. The van der Waals surface area contributed by atoms with Gasteiger partial charge < -0.3 is 15.0 Å². The molecule has 1 aliphatic heterocycles. The minimum absolute atomic E-state index is 0.0508. The maximum Gasteiger partial charge on any atom is 0.261 e. The molecule has 1 heterocycles. The van der Waals surface area contributed by atoms with Gasteiger partial charge in [0.1, 0.15) is 5.75 Å². The molecular formula is C25H33N3O5S. The van der Waals surface area contributed by atoms with Crippen LogP contribution in [0.4, 0.5) is 5.69 Å². The second kappa shape index (κ2) is 10.9. The number of hydrogen-bond acceptors (Lipinski definition) is 5. The summed E-state index contributed by atoms with van der Waals surface area (Å²) in [6, 6.07) is 10.6. The lowest BCUT2D eigenvalue weighted by atomic mass is 9.98. The van der Waals surface area contributed by atoms with Crippen LogP contribution in [0.25, 0.3) is 0 Å². The summed E-state index contributed by atoms with van der Waals surface area (Å²) in [5, 5.41) is 2.85. The normalized spacial score (nSPS) is 15.5. The van der Waals surface area contributed by atoms with E-state index >= 15 is 0 Å². The van der Waals surface area contributed by atoms with Gasteiger partial charge in [-0.1, -0.05) is 26.0 Å². The van der Waals surface area contributed by atoms with Gasteiger partial charge in [0.2, 0.25) is 0 Å². The number of methoxy groups -OCH3 is 1. The molecule has 0 spiro atoms. The van der Waals surface area contributed by atoms with Gasteiger partial charge in [0.05, 0.1) is 28.8 Å². The first-order chi connectivity index (χ1) is 16.2. The Hall–Kier alpha value is -3.07. The van der Waals surface area contributed by atoms with Crippen molar-refractivity contribution >= 4 is 27.5 Å². The molecule has 1 fully saturated rings. The van der Waals surface area contributed by atoms with E-state index in [9.17, 15) is 18.0 Å². The summed E-state index contributed by atoms with van der Waals surface area (Å²) in [5.74, 6) is 0.252. The molecule has 3 rings (SSSR count). The fraction of sp³-hybridized carbons (Fsp3) is 0.440. The van der Waals surface area contributed by atoms with Crippen LogP contribution < -0.4 is 14.8 Å². The molecule has 0 saturated carbocycles. The number of amides is 2. The van der Waals surface area contributed by atoms with Gasteiger partial charge in [0.25, 0.3) is 21.8 Å². The molecule has 0 aliphatic carbocycles. The van der Waals surface area contributed by atoms with Crippen LogP contribution in [0.15, 0.2) is 47.4 Å². The fourth-order valence-electron chi connectivity index (χ4n) is 3.78. The average molecular weight is 488 g/mol. The van der Waals surface area contributed by atoms with Crippen LogP contribution in [0.1, 0.15) is 60.7 Å². The van der Waals surface area contributed by atoms with Crippen molar-refractivity contribution in [3.05, 3.63) is 53.6 Å². The Labute approximate surface area is 201 Å². The summed E-state index contributed by atoms with van der Waals surface area (Å²) in [6.45, 7) is 7.23. The van der Waals surface area contributed by atoms with Crippen LogP contribution in [0.2, 0.25) is 0 Å². The predicted octanol–water partition coefficient (Wildman–Crippen LogP) is 3.90. The number of carbonyl (C=O) groups is 2. The van der Waals surface area contributed by atoms with E-state index in [0.717, 1.165) is 19.3 Å². The van der Waals surface area contributed by atoms with E-state index in [1.807, 2.05) is 13.8 Å². The number of benzene rings is 2. The Kier molecular flexibility index (Phi) is 8.19. The van der Waals surface area contributed by atoms with Crippen LogP contribution in [0, 0.1) is 5.92 Å². The molecular weight excluding hydrogens is 454 g/mol. The van der Waals surface area contributed by atoms with Crippen LogP contribution in [-0.2, 0) is 10.0 Å². The Morgan fingerprint density at radius 3 is 2.44 bits per heavy atom. The van der Waals surface area contributed by atoms with Crippen molar-refractivity contribution in [3.63, 3.8) is 0 Å². The molecule has 1 saturated heterocycles. The lowest BCUT2D eigenvalue weighted by Gasteiger charge is -2.30. The number of likely N-dealkylation sites (tertiary alicyclic amines) is 1. The van der Waals surface area contributed by atoms with E-state index < -0.39 is 10.0 Å². The molecule has 184 valence electrons. The molecule has 0 unspecified atom stereocenters. The second-order valence-corrected chi connectivity index (χ2v) is 10.5. The Bertz CT molecular complexity index is 1140. The van der Waals surface area contributed by atoms with E-state index in [1.54, 1.807) is 23.1 Å². The maximum atomic E-state index is 13.2. The van der Waals surface area contributed by atoms with Crippen molar-refractivity contribution in [1.82, 2.24) is 10.2 Å². The summed E-state index contributed by atoms with van der Waals surface area (Å²) in [7, 11) is -2.63. The van der Waals surface area contributed by atoms with Gasteiger partial charge in [-0.2, -0.15) is 0 Å². The number of ether oxygens (including phenoxy) is 1. The summed E-state index contributed by atoms with van der Waals surface area (Å²) < 4.78 is 34.3. The molecule has 0 bridgehead atoms. The van der Waals surface area contributed by atoms with Gasteiger partial charge in [-0.25, -0.2) is 8.42 Å². The SMILES string of the molecule is CC[C@@H](C)NC(=O)c1ccccc1NS(=O)(=O)c1ccc(OC)c(C(=O)N2CCC(C)CC2)c1. The molecule has 1 aliphatic rings. The molecule has 34 heavy (non-hydrogen) atoms. The molecule has 9 heteroatoms. The number of nitrogens with zero attached hydrogens (tertiary/aromatic N) is 1. The van der Waals surface area contributed by atoms with Gasteiger partial charge >= 0.3 is 0 Å². The monoisotopic (exact) mass is 487 g/mol. The van der Waals surface area contributed by atoms with Crippen molar-refractivity contribution in [2.24, 2.45) is 5.92 Å². The quantitative estimate of drug-likeness (QED) is 0.588. The number of anilines is 1. The Morgan fingerprint density at radius 2 is 1.79 bits per heavy atom. The minimum Gasteiger partial charge on any atom is -0.496 e. The molecule has 2 aromatic rings. The van der Waals surface area contributed by atoms with Crippen molar-refractivity contribution < 1.29 is 22.7 Å². The number of piperidine rings is 1. The number of rotatable bonds is 8. The van der Waals surface area contributed by atoms with E-state index in [1.165, 1.54) is 31.4 Å². The number of carbonyl (C=O) groups excluding carboxylic acids is 2. The maximum absolute atomic E-state index is 13.2. The van der Waals surface area contributed by atoms with Crippen molar-refractivity contribution in [3.8, 4) is 5.75 Å². The van der Waals surface area contributed by atoms with Gasteiger partial charge in [-0.15, -0.1) is 0 Å². The topological polar surface area (TPSA) is 105 Å². The third kappa shape index (κ3) is 5.88. The van der Waals surface area contributed by atoms with Gasteiger partial charge in [-0.05, 0) is 62.4 Å². The van der Waals surface area contributed by atoms with E-state index in [0.29, 0.717) is 24.8 Å². The smallest absolute Gasteiger partial charge is 0.261 e. The van der Waals surface area contributed by atoms with Crippen molar-refractivity contribution in [2.45, 2.75) is 51.0 Å². The number of sulfonamides is 1. The number of para-hydroxylation sites is 1. The largest absolute Gasteiger partial charge is 0.496 e. The first-order valence-electron chi connectivity index (χ1n) is 11.6. The van der Waals surface area contributed by atoms with Gasteiger partial charge in [-0.3, -0.25) is 14.3 Å². The molecule has 8 nitrogen and oxygen atoms in total. The summed E-state index contributed by atoms with van der Waals surface area (Å²) in [6.07, 6.45) is 2.56. The zero-order valence-corrected chi connectivity index (χ0v) is 20.9. The third-order valence-corrected chi connectivity index (χ3v) is 7.55.